The van der Waals surface area contributed by atoms with Gasteiger partial charge in [0.15, 0.2) is 0 Å². The molecule has 10 heteroatoms. The number of rotatable bonds is 7. The van der Waals surface area contributed by atoms with E-state index in [1.165, 1.54) is 12.1 Å². The topological polar surface area (TPSA) is 95.6 Å². The molecular formula is C19H20BrN3O4S2. The molecule has 2 aromatic carbocycles. The lowest BCUT2D eigenvalue weighted by atomic mass is 10.3. The Bertz CT molecular complexity index is 1010. The van der Waals surface area contributed by atoms with Crippen molar-refractivity contribution in [2.45, 2.75) is 16.2 Å². The molecule has 0 unspecified atom stereocenters. The van der Waals surface area contributed by atoms with Crippen molar-refractivity contribution in [2.75, 3.05) is 30.7 Å². The Morgan fingerprint density at radius 1 is 1.21 bits per heavy atom. The molecule has 0 spiro atoms. The van der Waals surface area contributed by atoms with E-state index in [1.807, 2.05) is 24.3 Å². The summed E-state index contributed by atoms with van der Waals surface area (Å²) >= 11 is 5.04. The number of benzene rings is 2. The first-order chi connectivity index (χ1) is 13.9. The van der Waals surface area contributed by atoms with Gasteiger partial charge in [-0.05, 0) is 46.3 Å². The van der Waals surface area contributed by atoms with Crippen LogP contribution in [-0.2, 0) is 19.6 Å². The lowest BCUT2D eigenvalue weighted by Crippen LogP contribution is -2.49. The molecule has 1 aliphatic rings. The molecule has 0 atom stereocenters. The number of amides is 2. The van der Waals surface area contributed by atoms with Crippen molar-refractivity contribution in [1.29, 1.82) is 0 Å². The van der Waals surface area contributed by atoms with Crippen molar-refractivity contribution in [2.24, 2.45) is 0 Å². The highest BCUT2D eigenvalue weighted by Gasteiger charge is 2.29. The van der Waals surface area contributed by atoms with Crippen LogP contribution >= 0.6 is 27.7 Å². The standard InChI is InChI=1S/C19H20BrN3O4S2/c20-16-6-1-2-7-17(16)28-11-8-18(24)22-14-4-3-5-15(12-14)29(26,27)23-10-9-21-19(25)13-23/h1-7,12H,8-11,13H2,(H,21,25)(H,22,24). The third-order valence-corrected chi connectivity index (χ3v) is 8.05. The van der Waals surface area contributed by atoms with Gasteiger partial charge in [-0.3, -0.25) is 9.59 Å². The van der Waals surface area contributed by atoms with Crippen LogP contribution in [0, 0.1) is 0 Å². The molecule has 29 heavy (non-hydrogen) atoms. The van der Waals surface area contributed by atoms with E-state index in [1.54, 1.807) is 23.9 Å². The molecule has 0 aliphatic carbocycles. The Labute approximate surface area is 182 Å². The first kappa shape index (κ1) is 21.8. The summed E-state index contributed by atoms with van der Waals surface area (Å²) < 4.78 is 27.6. The summed E-state index contributed by atoms with van der Waals surface area (Å²) in [5.74, 6) is 0.0679. The SMILES string of the molecule is O=C1CN(S(=O)(=O)c2cccc(NC(=O)CCSc3ccccc3Br)c2)CCN1. The molecule has 0 aromatic heterocycles. The predicted molar refractivity (Wildman–Crippen MR) is 116 cm³/mol. The highest BCUT2D eigenvalue weighted by atomic mass is 79.9. The maximum atomic E-state index is 12.8. The Hall–Kier alpha value is -1.88. The zero-order valence-corrected chi connectivity index (χ0v) is 18.6. The van der Waals surface area contributed by atoms with Crippen molar-refractivity contribution in [1.82, 2.24) is 9.62 Å². The average molecular weight is 498 g/mol. The van der Waals surface area contributed by atoms with E-state index in [9.17, 15) is 18.0 Å². The lowest BCUT2D eigenvalue weighted by molar-refractivity contribution is -0.122. The van der Waals surface area contributed by atoms with Crippen LogP contribution in [-0.4, -0.2) is 49.9 Å². The van der Waals surface area contributed by atoms with Gasteiger partial charge in [-0.1, -0.05) is 18.2 Å². The van der Waals surface area contributed by atoms with E-state index in [-0.39, 0.29) is 42.8 Å². The van der Waals surface area contributed by atoms with Crippen LogP contribution in [0.15, 0.2) is 62.8 Å². The van der Waals surface area contributed by atoms with E-state index >= 15 is 0 Å². The van der Waals surface area contributed by atoms with Gasteiger partial charge in [0.25, 0.3) is 0 Å². The van der Waals surface area contributed by atoms with Crippen molar-refractivity contribution in [3.63, 3.8) is 0 Å². The normalized spacial score (nSPS) is 15.0. The summed E-state index contributed by atoms with van der Waals surface area (Å²) in [5.41, 5.74) is 0.406. The number of anilines is 1. The van der Waals surface area contributed by atoms with Gasteiger partial charge in [0.2, 0.25) is 21.8 Å². The van der Waals surface area contributed by atoms with Crippen LogP contribution in [0.4, 0.5) is 5.69 Å². The fraction of sp³-hybridized carbons (Fsp3) is 0.263. The quantitative estimate of drug-likeness (QED) is 0.573. The number of piperazine rings is 1. The number of carbonyl (C=O) groups excluding carboxylic acids is 2. The zero-order chi connectivity index (χ0) is 20.9. The first-order valence-corrected chi connectivity index (χ1v) is 12.1. The summed E-state index contributed by atoms with van der Waals surface area (Å²) in [6, 6.07) is 13.9. The molecule has 0 saturated carbocycles. The van der Waals surface area contributed by atoms with E-state index in [0.717, 1.165) is 13.7 Å². The molecule has 1 aliphatic heterocycles. The molecule has 1 fully saturated rings. The fourth-order valence-corrected chi connectivity index (χ4v) is 5.70. The number of sulfonamides is 1. The predicted octanol–water partition coefficient (Wildman–Crippen LogP) is 2.69. The van der Waals surface area contributed by atoms with E-state index in [2.05, 4.69) is 26.6 Å². The number of nitrogens with zero attached hydrogens (tertiary/aromatic N) is 1. The fourth-order valence-electron chi connectivity index (χ4n) is 2.74. The summed E-state index contributed by atoms with van der Waals surface area (Å²) in [4.78, 5) is 24.9. The van der Waals surface area contributed by atoms with Gasteiger partial charge in [0.1, 0.15) is 0 Å². The molecule has 2 N–H and O–H groups in total. The molecule has 2 aromatic rings. The van der Waals surface area contributed by atoms with Crippen LogP contribution in [0.2, 0.25) is 0 Å². The third kappa shape index (κ3) is 5.81. The number of hydrogen-bond acceptors (Lipinski definition) is 5. The van der Waals surface area contributed by atoms with E-state index < -0.39 is 10.0 Å². The van der Waals surface area contributed by atoms with Crippen molar-refractivity contribution in [3.05, 3.63) is 53.0 Å². The summed E-state index contributed by atoms with van der Waals surface area (Å²) in [6.07, 6.45) is 0.287. The van der Waals surface area contributed by atoms with Crippen molar-refractivity contribution < 1.29 is 18.0 Å². The van der Waals surface area contributed by atoms with Crippen molar-refractivity contribution >= 4 is 55.2 Å². The van der Waals surface area contributed by atoms with Gasteiger partial charge in [-0.25, -0.2) is 8.42 Å². The number of nitrogens with one attached hydrogen (secondary N) is 2. The second-order valence-electron chi connectivity index (χ2n) is 6.29. The van der Waals surface area contributed by atoms with Crippen LogP contribution in [0.1, 0.15) is 6.42 Å². The molecule has 0 bridgehead atoms. The molecule has 1 heterocycles. The second-order valence-corrected chi connectivity index (χ2v) is 10.2. The highest BCUT2D eigenvalue weighted by Crippen LogP contribution is 2.27. The van der Waals surface area contributed by atoms with Crippen LogP contribution in [0.25, 0.3) is 0 Å². The molecule has 154 valence electrons. The average Bonchev–Trinajstić information content (AvgIpc) is 2.69. The maximum absolute atomic E-state index is 12.8. The number of hydrogen-bond donors (Lipinski definition) is 2. The Morgan fingerprint density at radius 3 is 2.76 bits per heavy atom. The minimum Gasteiger partial charge on any atom is -0.354 e. The molecule has 2 amide bonds. The Morgan fingerprint density at radius 2 is 2.00 bits per heavy atom. The summed E-state index contributed by atoms with van der Waals surface area (Å²) in [6.45, 7) is 0.297. The number of carbonyl (C=O) groups is 2. The maximum Gasteiger partial charge on any atom is 0.243 e. The van der Waals surface area contributed by atoms with Gasteiger partial charge in [0.05, 0.1) is 11.4 Å². The Balaban J connectivity index is 1.60. The zero-order valence-electron chi connectivity index (χ0n) is 15.4. The largest absolute Gasteiger partial charge is 0.354 e. The van der Waals surface area contributed by atoms with Gasteiger partial charge in [-0.15, -0.1) is 11.8 Å². The highest BCUT2D eigenvalue weighted by molar-refractivity contribution is 9.10. The number of thioether (sulfide) groups is 1. The molecule has 0 radical (unpaired) electrons. The third-order valence-electron chi connectivity index (χ3n) is 4.18. The minimum absolute atomic E-state index is 0.0487. The molecule has 7 nitrogen and oxygen atoms in total. The summed E-state index contributed by atoms with van der Waals surface area (Å²) in [7, 11) is -3.80. The molecular weight excluding hydrogens is 478 g/mol. The van der Waals surface area contributed by atoms with Crippen LogP contribution in [0.3, 0.4) is 0 Å². The molecule has 3 rings (SSSR count). The van der Waals surface area contributed by atoms with Gasteiger partial charge in [0, 0.05) is 40.3 Å². The van der Waals surface area contributed by atoms with Gasteiger partial charge >= 0.3 is 0 Å². The first-order valence-electron chi connectivity index (χ1n) is 8.90. The Kier molecular flexibility index (Phi) is 7.33. The smallest absolute Gasteiger partial charge is 0.243 e. The lowest BCUT2D eigenvalue weighted by Gasteiger charge is -2.26. The number of halogens is 1. The monoisotopic (exact) mass is 497 g/mol. The minimum atomic E-state index is -3.80. The van der Waals surface area contributed by atoms with Gasteiger partial charge < -0.3 is 10.6 Å². The van der Waals surface area contributed by atoms with Gasteiger partial charge in [-0.2, -0.15) is 4.31 Å². The molecule has 1 saturated heterocycles. The summed E-state index contributed by atoms with van der Waals surface area (Å²) in [5, 5.41) is 5.34. The van der Waals surface area contributed by atoms with Crippen LogP contribution < -0.4 is 10.6 Å². The second kappa shape index (κ2) is 9.75. The van der Waals surface area contributed by atoms with Crippen LogP contribution in [0.5, 0.6) is 0 Å². The van der Waals surface area contributed by atoms with E-state index in [4.69, 9.17) is 0 Å². The van der Waals surface area contributed by atoms with E-state index in [0.29, 0.717) is 11.4 Å². The van der Waals surface area contributed by atoms with Crippen molar-refractivity contribution in [3.8, 4) is 0 Å².